The van der Waals surface area contributed by atoms with Crippen LogP contribution in [0.2, 0.25) is 0 Å². The van der Waals surface area contributed by atoms with Crippen molar-refractivity contribution >= 4 is 50.2 Å². The summed E-state index contributed by atoms with van der Waals surface area (Å²) in [4.78, 5) is 23.2. The summed E-state index contributed by atoms with van der Waals surface area (Å²) in [6.07, 6.45) is 0. The monoisotopic (exact) mass is 387 g/mol. The zero-order chi connectivity index (χ0) is 17.3. The molecular formula is C17H14BrN3O3. The minimum Gasteiger partial charge on any atom is -0.451 e. The van der Waals surface area contributed by atoms with Gasteiger partial charge in [-0.25, -0.2) is 4.79 Å². The van der Waals surface area contributed by atoms with Crippen LogP contribution in [0.15, 0.2) is 51.4 Å². The molecule has 0 aliphatic carbocycles. The van der Waals surface area contributed by atoms with Crippen LogP contribution in [-0.4, -0.2) is 11.9 Å². The quantitative estimate of drug-likeness (QED) is 0.626. The fourth-order valence-corrected chi connectivity index (χ4v) is 2.74. The summed E-state index contributed by atoms with van der Waals surface area (Å²) >= 11 is 3.41. The normalized spacial score (nSPS) is 10.6. The number of halogens is 1. The highest BCUT2D eigenvalue weighted by atomic mass is 79.9. The molecule has 0 bridgehead atoms. The van der Waals surface area contributed by atoms with Crippen LogP contribution in [0.4, 0.5) is 16.2 Å². The number of primary amides is 1. The van der Waals surface area contributed by atoms with E-state index in [4.69, 9.17) is 10.2 Å². The average Bonchev–Trinajstić information content (AvgIpc) is 2.86. The molecule has 24 heavy (non-hydrogen) atoms. The summed E-state index contributed by atoms with van der Waals surface area (Å²) in [5.41, 5.74) is 7.60. The topological polar surface area (TPSA) is 97.4 Å². The molecule has 0 aliphatic heterocycles. The van der Waals surface area contributed by atoms with Gasteiger partial charge in [-0.05, 0) is 49.4 Å². The Morgan fingerprint density at radius 2 is 1.67 bits per heavy atom. The van der Waals surface area contributed by atoms with Crippen LogP contribution in [0, 0.1) is 6.92 Å². The second-order valence-corrected chi connectivity index (χ2v) is 6.13. The van der Waals surface area contributed by atoms with Crippen LogP contribution in [0.5, 0.6) is 0 Å². The number of amides is 3. The summed E-state index contributed by atoms with van der Waals surface area (Å²) in [5.74, 6) is -0.0714. The van der Waals surface area contributed by atoms with Gasteiger partial charge in [-0.3, -0.25) is 4.79 Å². The number of hydrogen-bond acceptors (Lipinski definition) is 3. The van der Waals surface area contributed by atoms with Crippen molar-refractivity contribution in [3.8, 4) is 0 Å². The van der Waals surface area contributed by atoms with E-state index in [1.54, 1.807) is 24.3 Å². The molecule has 0 atom stereocenters. The molecule has 0 unspecified atom stereocenters. The maximum atomic E-state index is 12.4. The molecule has 122 valence electrons. The number of carbonyl (C=O) groups is 2. The van der Waals surface area contributed by atoms with E-state index < -0.39 is 6.03 Å². The van der Waals surface area contributed by atoms with Gasteiger partial charge in [0.25, 0.3) is 5.91 Å². The molecule has 1 heterocycles. The molecule has 0 spiro atoms. The van der Waals surface area contributed by atoms with Crippen LogP contribution < -0.4 is 16.4 Å². The average molecular weight is 388 g/mol. The third-order valence-electron chi connectivity index (χ3n) is 3.51. The van der Waals surface area contributed by atoms with E-state index in [1.807, 2.05) is 25.1 Å². The molecule has 0 aliphatic rings. The third kappa shape index (κ3) is 3.26. The highest BCUT2D eigenvalue weighted by molar-refractivity contribution is 9.10. The number of furan rings is 1. The van der Waals surface area contributed by atoms with E-state index in [0.717, 1.165) is 15.4 Å². The molecule has 0 fully saturated rings. The lowest BCUT2D eigenvalue weighted by molar-refractivity contribution is 0.0998. The molecule has 2 aromatic carbocycles. The van der Waals surface area contributed by atoms with Crippen molar-refractivity contribution in [3.05, 3.63) is 58.3 Å². The fraction of sp³-hybridized carbons (Fsp3) is 0.0588. The predicted octanol–water partition coefficient (Wildman–Crippen LogP) is 4.25. The SMILES string of the molecule is Cc1c(C(=O)Nc2ccc(NC(N)=O)cc2)oc2ccc(Br)cc12. The van der Waals surface area contributed by atoms with Gasteiger partial charge in [-0.2, -0.15) is 0 Å². The van der Waals surface area contributed by atoms with E-state index in [9.17, 15) is 9.59 Å². The number of rotatable bonds is 3. The van der Waals surface area contributed by atoms with Gasteiger partial charge >= 0.3 is 6.03 Å². The largest absolute Gasteiger partial charge is 0.451 e. The number of benzene rings is 2. The van der Waals surface area contributed by atoms with Gasteiger partial charge < -0.3 is 20.8 Å². The predicted molar refractivity (Wildman–Crippen MR) is 96.3 cm³/mol. The highest BCUT2D eigenvalue weighted by Crippen LogP contribution is 2.28. The van der Waals surface area contributed by atoms with E-state index in [0.29, 0.717) is 17.0 Å². The first-order valence-corrected chi connectivity index (χ1v) is 7.90. The van der Waals surface area contributed by atoms with Gasteiger partial charge in [-0.15, -0.1) is 0 Å². The van der Waals surface area contributed by atoms with E-state index in [-0.39, 0.29) is 11.7 Å². The minimum absolute atomic E-state index is 0.266. The van der Waals surface area contributed by atoms with Crippen LogP contribution in [0.25, 0.3) is 11.0 Å². The molecule has 7 heteroatoms. The Bertz CT molecular complexity index is 932. The van der Waals surface area contributed by atoms with Gasteiger partial charge in [-0.1, -0.05) is 15.9 Å². The second kappa shape index (κ2) is 6.37. The maximum Gasteiger partial charge on any atom is 0.316 e. The molecule has 3 aromatic rings. The Morgan fingerprint density at radius 1 is 1.04 bits per heavy atom. The molecular weight excluding hydrogens is 374 g/mol. The Hall–Kier alpha value is -2.80. The van der Waals surface area contributed by atoms with E-state index in [2.05, 4.69) is 26.6 Å². The Labute approximate surface area is 146 Å². The first-order valence-electron chi connectivity index (χ1n) is 7.10. The zero-order valence-corrected chi connectivity index (χ0v) is 14.3. The van der Waals surface area contributed by atoms with Crippen molar-refractivity contribution in [3.63, 3.8) is 0 Å². The van der Waals surface area contributed by atoms with Crippen molar-refractivity contribution in [2.45, 2.75) is 6.92 Å². The van der Waals surface area contributed by atoms with Gasteiger partial charge in [0.1, 0.15) is 5.58 Å². The van der Waals surface area contributed by atoms with Crippen LogP contribution >= 0.6 is 15.9 Å². The number of urea groups is 1. The summed E-state index contributed by atoms with van der Waals surface area (Å²) in [5, 5.41) is 6.10. The van der Waals surface area contributed by atoms with Gasteiger partial charge in [0.15, 0.2) is 5.76 Å². The number of nitrogens with one attached hydrogen (secondary N) is 2. The molecule has 6 nitrogen and oxygen atoms in total. The smallest absolute Gasteiger partial charge is 0.316 e. The summed E-state index contributed by atoms with van der Waals surface area (Å²) < 4.78 is 6.58. The summed E-state index contributed by atoms with van der Waals surface area (Å²) in [6, 6.07) is 11.6. The molecule has 4 N–H and O–H groups in total. The Balaban J connectivity index is 1.82. The zero-order valence-electron chi connectivity index (χ0n) is 12.7. The second-order valence-electron chi connectivity index (χ2n) is 5.22. The first-order chi connectivity index (χ1) is 11.4. The molecule has 0 saturated heterocycles. The number of carbonyl (C=O) groups excluding carboxylic acids is 2. The first kappa shape index (κ1) is 16.1. The van der Waals surface area contributed by atoms with Crippen molar-refractivity contribution in [1.82, 2.24) is 0 Å². The van der Waals surface area contributed by atoms with Gasteiger partial charge in [0, 0.05) is 26.8 Å². The lowest BCUT2D eigenvalue weighted by Gasteiger charge is -2.06. The van der Waals surface area contributed by atoms with Crippen molar-refractivity contribution < 1.29 is 14.0 Å². The summed E-state index contributed by atoms with van der Waals surface area (Å²) in [6.45, 7) is 1.84. The number of nitrogens with two attached hydrogens (primary N) is 1. The van der Waals surface area contributed by atoms with Gasteiger partial charge in [0.05, 0.1) is 0 Å². The molecule has 0 radical (unpaired) electrons. The van der Waals surface area contributed by atoms with Crippen molar-refractivity contribution in [2.24, 2.45) is 5.73 Å². The molecule has 3 rings (SSSR count). The highest BCUT2D eigenvalue weighted by Gasteiger charge is 2.18. The Morgan fingerprint density at radius 3 is 2.29 bits per heavy atom. The summed E-state index contributed by atoms with van der Waals surface area (Å²) in [7, 11) is 0. The maximum absolute atomic E-state index is 12.4. The van der Waals surface area contributed by atoms with Crippen LogP contribution in [0.3, 0.4) is 0 Å². The molecule has 3 amide bonds. The fourth-order valence-electron chi connectivity index (χ4n) is 2.38. The van der Waals surface area contributed by atoms with Gasteiger partial charge in [0.2, 0.25) is 0 Å². The Kier molecular flexibility index (Phi) is 4.26. The molecule has 1 aromatic heterocycles. The van der Waals surface area contributed by atoms with Crippen LogP contribution in [-0.2, 0) is 0 Å². The number of aryl methyl sites for hydroxylation is 1. The lowest BCUT2D eigenvalue weighted by Crippen LogP contribution is -2.19. The number of hydrogen-bond donors (Lipinski definition) is 3. The number of fused-ring (bicyclic) bond motifs is 1. The minimum atomic E-state index is -0.643. The van der Waals surface area contributed by atoms with E-state index >= 15 is 0 Å². The van der Waals surface area contributed by atoms with Crippen LogP contribution in [0.1, 0.15) is 16.1 Å². The number of anilines is 2. The standard InChI is InChI=1S/C17H14BrN3O3/c1-9-13-8-10(18)2-7-14(13)24-15(9)16(22)20-11-3-5-12(6-4-11)21-17(19)23/h2-8H,1H3,(H,20,22)(H3,19,21,23). The molecule has 0 saturated carbocycles. The lowest BCUT2D eigenvalue weighted by atomic mass is 10.1. The van der Waals surface area contributed by atoms with Crippen molar-refractivity contribution in [1.29, 1.82) is 0 Å². The van der Waals surface area contributed by atoms with E-state index in [1.165, 1.54) is 0 Å². The third-order valence-corrected chi connectivity index (χ3v) is 4.01. The van der Waals surface area contributed by atoms with Crippen molar-refractivity contribution in [2.75, 3.05) is 10.6 Å².